The third-order valence-corrected chi connectivity index (χ3v) is 5.95. The van der Waals surface area contributed by atoms with E-state index in [-0.39, 0.29) is 42.2 Å². The Bertz CT molecular complexity index is 982. The molecule has 1 aliphatic heterocycles. The van der Waals surface area contributed by atoms with Gasteiger partial charge in [-0.1, -0.05) is 6.42 Å². The molecule has 0 radical (unpaired) electrons. The van der Waals surface area contributed by atoms with E-state index in [1.807, 2.05) is 0 Å². The Balaban J connectivity index is 1.53. The first-order valence-corrected chi connectivity index (χ1v) is 9.85. The number of hydrogen-bond donors (Lipinski definition) is 2. The van der Waals surface area contributed by atoms with Crippen molar-refractivity contribution in [1.29, 1.82) is 0 Å². The van der Waals surface area contributed by atoms with E-state index in [1.54, 1.807) is 6.92 Å². The number of rotatable bonds is 3. The summed E-state index contributed by atoms with van der Waals surface area (Å²) in [6, 6.07) is 4.07. The van der Waals surface area contributed by atoms with Gasteiger partial charge in [0.05, 0.1) is 18.1 Å². The third kappa shape index (κ3) is 3.65. The summed E-state index contributed by atoms with van der Waals surface area (Å²) in [6.07, 6.45) is 2.47. The average molecular weight is 416 g/mol. The molecule has 9 heteroatoms. The molecule has 1 aliphatic carbocycles. The van der Waals surface area contributed by atoms with Crippen LogP contribution in [0.5, 0.6) is 0 Å². The molecule has 2 amide bonds. The van der Waals surface area contributed by atoms with E-state index in [2.05, 4.69) is 15.3 Å². The summed E-state index contributed by atoms with van der Waals surface area (Å²) in [5, 5.41) is 13.7. The lowest BCUT2D eigenvalue weighted by atomic mass is 9.69. The van der Waals surface area contributed by atoms with Gasteiger partial charge in [0, 0.05) is 24.0 Å². The fourth-order valence-corrected chi connectivity index (χ4v) is 4.53. The summed E-state index contributed by atoms with van der Waals surface area (Å²) < 4.78 is 27.3. The molecule has 1 aromatic heterocycles. The second kappa shape index (κ2) is 7.71. The molecule has 3 unspecified atom stereocenters. The second-order valence-corrected chi connectivity index (χ2v) is 7.97. The number of aliphatic hydroxyl groups excluding tert-OH is 1. The molecule has 30 heavy (non-hydrogen) atoms. The normalized spacial score (nSPS) is 26.3. The van der Waals surface area contributed by atoms with Crippen molar-refractivity contribution >= 4 is 17.5 Å². The molecule has 2 N–H and O–H groups in total. The zero-order valence-electron chi connectivity index (χ0n) is 16.4. The quantitative estimate of drug-likeness (QED) is 0.799. The highest BCUT2D eigenvalue weighted by Gasteiger charge is 2.55. The molecule has 3 atom stereocenters. The predicted octanol–water partition coefficient (Wildman–Crippen LogP) is 2.13. The topological polar surface area (TPSA) is 95.4 Å². The smallest absolute Gasteiger partial charge is 0.270 e. The van der Waals surface area contributed by atoms with Crippen LogP contribution in [0.2, 0.25) is 0 Å². The predicted molar refractivity (Wildman–Crippen MR) is 104 cm³/mol. The number of hydrogen-bond acceptors (Lipinski definition) is 5. The van der Waals surface area contributed by atoms with Crippen LogP contribution in [0.15, 0.2) is 30.5 Å². The van der Waals surface area contributed by atoms with Crippen LogP contribution in [0.4, 0.5) is 14.5 Å². The van der Waals surface area contributed by atoms with Crippen LogP contribution in [-0.2, 0) is 4.79 Å². The van der Waals surface area contributed by atoms with Gasteiger partial charge in [-0.15, -0.1) is 0 Å². The van der Waals surface area contributed by atoms with Crippen molar-refractivity contribution < 1.29 is 23.5 Å². The molecule has 1 aromatic carbocycles. The molecule has 1 saturated heterocycles. The first-order valence-electron chi connectivity index (χ1n) is 9.85. The van der Waals surface area contributed by atoms with Crippen LogP contribution in [-0.4, -0.2) is 45.6 Å². The van der Waals surface area contributed by atoms with Gasteiger partial charge in [0.15, 0.2) is 0 Å². The van der Waals surface area contributed by atoms with Crippen molar-refractivity contribution in [3.63, 3.8) is 0 Å². The van der Waals surface area contributed by atoms with Crippen molar-refractivity contribution in [3.05, 3.63) is 53.6 Å². The molecular weight excluding hydrogens is 394 g/mol. The Morgan fingerprint density at radius 3 is 2.73 bits per heavy atom. The Hall–Kier alpha value is -2.94. The average Bonchev–Trinajstić information content (AvgIpc) is 2.92. The highest BCUT2D eigenvalue weighted by molar-refractivity contribution is 6.01. The molecule has 158 valence electrons. The van der Waals surface area contributed by atoms with Crippen LogP contribution in [0, 0.1) is 24.0 Å². The van der Waals surface area contributed by atoms with E-state index in [0.717, 1.165) is 18.2 Å². The van der Waals surface area contributed by atoms with Crippen molar-refractivity contribution in [2.45, 2.75) is 44.8 Å². The summed E-state index contributed by atoms with van der Waals surface area (Å²) in [5.74, 6) is -1.85. The van der Waals surface area contributed by atoms with Gasteiger partial charge in [0.2, 0.25) is 5.91 Å². The fourth-order valence-electron chi connectivity index (χ4n) is 4.53. The number of anilines is 1. The first-order chi connectivity index (χ1) is 14.3. The van der Waals surface area contributed by atoms with Gasteiger partial charge in [-0.3, -0.25) is 9.59 Å². The van der Waals surface area contributed by atoms with Gasteiger partial charge in [-0.2, -0.15) is 0 Å². The number of nitrogens with one attached hydrogen (secondary N) is 1. The van der Waals surface area contributed by atoms with Crippen molar-refractivity contribution in [3.8, 4) is 0 Å². The number of benzene rings is 1. The zero-order valence-corrected chi connectivity index (χ0v) is 16.4. The van der Waals surface area contributed by atoms with E-state index in [1.165, 1.54) is 17.2 Å². The number of aromatic nitrogens is 2. The Kier molecular flexibility index (Phi) is 5.23. The van der Waals surface area contributed by atoms with E-state index in [4.69, 9.17) is 0 Å². The molecule has 7 nitrogen and oxygen atoms in total. The highest BCUT2D eigenvalue weighted by Crippen LogP contribution is 2.46. The number of carbonyl (C=O) groups is 2. The minimum Gasteiger partial charge on any atom is -0.390 e. The third-order valence-electron chi connectivity index (χ3n) is 5.95. The summed E-state index contributed by atoms with van der Waals surface area (Å²) in [5.41, 5.74) is -0.783. The highest BCUT2D eigenvalue weighted by atomic mass is 19.1. The maximum atomic E-state index is 13.6. The number of halogens is 2. The summed E-state index contributed by atoms with van der Waals surface area (Å²) in [4.78, 5) is 35.1. The molecular formula is C21H22F2N4O3. The zero-order chi connectivity index (χ0) is 21.5. The lowest BCUT2D eigenvalue weighted by Gasteiger charge is -2.38. The van der Waals surface area contributed by atoms with Crippen molar-refractivity contribution in [1.82, 2.24) is 15.3 Å². The Morgan fingerprint density at radius 1 is 1.30 bits per heavy atom. The minimum absolute atomic E-state index is 0.0481. The second-order valence-electron chi connectivity index (χ2n) is 7.97. The number of aliphatic hydroxyl groups is 1. The standard InChI is InChI=1S/C21H22F2N4O3/c1-12-24-6-4-17(25-12)19(29)26-15-3-2-5-21(10-15)18(28)11-27(20(21)30)16-8-13(22)7-14(23)9-16/h4,6-9,15,18,28H,2-3,5,10-11H2,1H3,(H,26,29). The Labute approximate surface area is 172 Å². The summed E-state index contributed by atoms with van der Waals surface area (Å²) in [6.45, 7) is 1.64. The van der Waals surface area contributed by atoms with Crippen molar-refractivity contribution in [2.75, 3.05) is 11.4 Å². The SMILES string of the molecule is Cc1nccc(C(=O)NC2CCCC3(C2)C(=O)N(c2cc(F)cc(F)c2)CC3O)n1. The van der Waals surface area contributed by atoms with Gasteiger partial charge in [0.25, 0.3) is 5.91 Å². The van der Waals surface area contributed by atoms with E-state index in [0.29, 0.717) is 25.1 Å². The van der Waals surface area contributed by atoms with Gasteiger partial charge < -0.3 is 15.3 Å². The number of nitrogens with zero attached hydrogens (tertiary/aromatic N) is 3. The first kappa shape index (κ1) is 20.3. The largest absolute Gasteiger partial charge is 0.390 e. The maximum absolute atomic E-state index is 13.6. The maximum Gasteiger partial charge on any atom is 0.270 e. The lowest BCUT2D eigenvalue weighted by Crippen LogP contribution is -2.49. The summed E-state index contributed by atoms with van der Waals surface area (Å²) >= 11 is 0. The molecule has 2 heterocycles. The van der Waals surface area contributed by atoms with Crippen LogP contribution < -0.4 is 10.2 Å². The fraction of sp³-hybridized carbons (Fsp3) is 0.429. The molecule has 4 rings (SSSR count). The minimum atomic E-state index is -1.10. The Morgan fingerprint density at radius 2 is 2.03 bits per heavy atom. The van der Waals surface area contributed by atoms with Crippen LogP contribution in [0.25, 0.3) is 0 Å². The molecule has 2 aliphatic rings. The van der Waals surface area contributed by atoms with E-state index >= 15 is 0 Å². The van der Waals surface area contributed by atoms with Gasteiger partial charge in [-0.05, 0) is 44.4 Å². The summed E-state index contributed by atoms with van der Waals surface area (Å²) in [7, 11) is 0. The van der Waals surface area contributed by atoms with E-state index in [9.17, 15) is 23.5 Å². The number of carbonyl (C=O) groups excluding carboxylic acids is 2. The van der Waals surface area contributed by atoms with Gasteiger partial charge >= 0.3 is 0 Å². The molecule has 1 spiro atoms. The van der Waals surface area contributed by atoms with E-state index < -0.39 is 23.2 Å². The van der Waals surface area contributed by atoms with Gasteiger partial charge in [-0.25, -0.2) is 18.7 Å². The number of amides is 2. The molecule has 2 aromatic rings. The van der Waals surface area contributed by atoms with Crippen molar-refractivity contribution in [2.24, 2.45) is 5.41 Å². The van der Waals surface area contributed by atoms with Crippen LogP contribution in [0.1, 0.15) is 42.0 Å². The molecule has 2 fully saturated rings. The van der Waals surface area contributed by atoms with Crippen LogP contribution >= 0.6 is 0 Å². The molecule has 0 bridgehead atoms. The molecule has 1 saturated carbocycles. The monoisotopic (exact) mass is 416 g/mol. The number of aryl methyl sites for hydroxylation is 1. The van der Waals surface area contributed by atoms with Gasteiger partial charge in [0.1, 0.15) is 23.2 Å². The lowest BCUT2D eigenvalue weighted by molar-refractivity contribution is -0.132. The van der Waals surface area contributed by atoms with Crippen LogP contribution in [0.3, 0.4) is 0 Å². The number of β-amino-alcohol motifs (C(OH)–C–C–N with tert-alkyl or cyclic N) is 1.